The van der Waals surface area contributed by atoms with Crippen LogP contribution in [0.15, 0.2) is 42.7 Å². The number of nitrogens with one attached hydrogen (secondary N) is 1. The van der Waals surface area contributed by atoms with Gasteiger partial charge in [0.25, 0.3) is 0 Å². The molecule has 0 aliphatic carbocycles. The number of nitrogens with zero attached hydrogens (tertiary/aromatic N) is 3. The molecule has 0 bridgehead atoms. The molecule has 3 N–H and O–H groups in total. The van der Waals surface area contributed by atoms with E-state index in [1.54, 1.807) is 6.20 Å². The molecule has 3 aromatic rings. The minimum Gasteiger partial charge on any atom is -0.396 e. The summed E-state index contributed by atoms with van der Waals surface area (Å²) in [5, 5.41) is 8.81. The summed E-state index contributed by atoms with van der Waals surface area (Å²) < 4.78 is 1.81. The monoisotopic (exact) mass is 267 g/mol. The van der Waals surface area contributed by atoms with E-state index in [0.717, 1.165) is 35.2 Å². The van der Waals surface area contributed by atoms with Gasteiger partial charge in [-0.05, 0) is 12.1 Å². The molecule has 0 spiro atoms. The van der Waals surface area contributed by atoms with Gasteiger partial charge in [0, 0.05) is 31.6 Å². The molecule has 20 heavy (non-hydrogen) atoms. The number of nitrogen functional groups attached to an aromatic ring is 1. The Morgan fingerprint density at radius 1 is 1.25 bits per heavy atom. The third-order valence-corrected chi connectivity index (χ3v) is 3.26. The fourth-order valence-corrected chi connectivity index (χ4v) is 2.27. The summed E-state index contributed by atoms with van der Waals surface area (Å²) >= 11 is 0. The number of fused-ring (bicyclic) bond motifs is 1. The highest BCUT2D eigenvalue weighted by molar-refractivity contribution is 5.96. The highest BCUT2D eigenvalue weighted by Gasteiger charge is 2.06. The Morgan fingerprint density at radius 3 is 2.90 bits per heavy atom. The Kier molecular flexibility index (Phi) is 3.25. The predicted octanol–water partition coefficient (Wildman–Crippen LogP) is 2.21. The second kappa shape index (κ2) is 5.21. The van der Waals surface area contributed by atoms with Crippen molar-refractivity contribution in [2.75, 3.05) is 17.6 Å². The summed E-state index contributed by atoms with van der Waals surface area (Å²) in [6.07, 6.45) is 4.51. The van der Waals surface area contributed by atoms with Crippen LogP contribution in [0.2, 0.25) is 0 Å². The van der Waals surface area contributed by atoms with Crippen molar-refractivity contribution >= 4 is 22.3 Å². The standard InChI is InChI=1S/C15H17N5/c1-20-9-7-11(19-20)6-8-17-15-12-4-2-3-5-14(12)18-10-13(15)16/h2-5,7,9-10H,6,8,16H2,1H3,(H,17,18). The molecule has 2 aromatic heterocycles. The fourth-order valence-electron chi connectivity index (χ4n) is 2.27. The predicted molar refractivity (Wildman–Crippen MR) is 81.6 cm³/mol. The number of rotatable bonds is 4. The van der Waals surface area contributed by atoms with E-state index in [1.165, 1.54) is 0 Å². The zero-order valence-electron chi connectivity index (χ0n) is 11.4. The number of hydrogen-bond acceptors (Lipinski definition) is 4. The van der Waals surface area contributed by atoms with E-state index in [4.69, 9.17) is 5.73 Å². The first-order valence-corrected chi connectivity index (χ1v) is 6.59. The van der Waals surface area contributed by atoms with E-state index in [-0.39, 0.29) is 0 Å². The van der Waals surface area contributed by atoms with Crippen molar-refractivity contribution in [1.82, 2.24) is 14.8 Å². The van der Waals surface area contributed by atoms with Gasteiger partial charge in [-0.25, -0.2) is 0 Å². The van der Waals surface area contributed by atoms with E-state index in [1.807, 2.05) is 48.3 Å². The largest absolute Gasteiger partial charge is 0.396 e. The van der Waals surface area contributed by atoms with Gasteiger partial charge in [-0.15, -0.1) is 0 Å². The third kappa shape index (κ3) is 2.42. The number of nitrogens with two attached hydrogens (primary N) is 1. The summed E-state index contributed by atoms with van der Waals surface area (Å²) in [5.74, 6) is 0. The van der Waals surface area contributed by atoms with E-state index >= 15 is 0 Å². The summed E-state index contributed by atoms with van der Waals surface area (Å²) in [5.41, 5.74) is 9.66. The topological polar surface area (TPSA) is 68.8 Å². The molecule has 5 nitrogen and oxygen atoms in total. The average Bonchev–Trinajstić information content (AvgIpc) is 2.87. The van der Waals surface area contributed by atoms with Crippen molar-refractivity contribution in [3.05, 3.63) is 48.4 Å². The lowest BCUT2D eigenvalue weighted by Gasteiger charge is -2.11. The van der Waals surface area contributed by atoms with Gasteiger partial charge in [0.15, 0.2) is 0 Å². The lowest BCUT2D eigenvalue weighted by atomic mass is 10.1. The smallest absolute Gasteiger partial charge is 0.0743 e. The molecule has 0 aliphatic rings. The van der Waals surface area contributed by atoms with Crippen molar-refractivity contribution in [3.63, 3.8) is 0 Å². The van der Waals surface area contributed by atoms with E-state index in [2.05, 4.69) is 15.4 Å². The van der Waals surface area contributed by atoms with Crippen LogP contribution in [0.25, 0.3) is 10.9 Å². The molecule has 2 heterocycles. The van der Waals surface area contributed by atoms with Gasteiger partial charge < -0.3 is 11.1 Å². The lowest BCUT2D eigenvalue weighted by molar-refractivity contribution is 0.742. The second-order valence-corrected chi connectivity index (χ2v) is 4.76. The van der Waals surface area contributed by atoms with Gasteiger partial charge in [-0.2, -0.15) is 5.10 Å². The zero-order valence-corrected chi connectivity index (χ0v) is 11.4. The highest BCUT2D eigenvalue weighted by Crippen LogP contribution is 2.27. The fraction of sp³-hybridized carbons (Fsp3) is 0.200. The second-order valence-electron chi connectivity index (χ2n) is 4.76. The van der Waals surface area contributed by atoms with Crippen molar-refractivity contribution in [2.45, 2.75) is 6.42 Å². The summed E-state index contributed by atoms with van der Waals surface area (Å²) in [6.45, 7) is 0.787. The van der Waals surface area contributed by atoms with Crippen molar-refractivity contribution in [3.8, 4) is 0 Å². The van der Waals surface area contributed by atoms with Crippen LogP contribution >= 0.6 is 0 Å². The van der Waals surface area contributed by atoms with E-state index < -0.39 is 0 Å². The van der Waals surface area contributed by atoms with Crippen molar-refractivity contribution < 1.29 is 0 Å². The van der Waals surface area contributed by atoms with E-state index in [0.29, 0.717) is 5.69 Å². The number of hydrogen-bond donors (Lipinski definition) is 2. The summed E-state index contributed by atoms with van der Waals surface area (Å²) in [7, 11) is 1.92. The molecular formula is C15H17N5. The maximum atomic E-state index is 6.03. The zero-order chi connectivity index (χ0) is 13.9. The first-order valence-electron chi connectivity index (χ1n) is 6.59. The van der Waals surface area contributed by atoms with Gasteiger partial charge in [0.1, 0.15) is 0 Å². The Morgan fingerprint density at radius 2 is 2.10 bits per heavy atom. The average molecular weight is 267 g/mol. The van der Waals surface area contributed by atoms with Crippen molar-refractivity contribution in [2.24, 2.45) is 7.05 Å². The third-order valence-electron chi connectivity index (χ3n) is 3.26. The Hall–Kier alpha value is -2.56. The van der Waals surface area contributed by atoms with Crippen LogP contribution in [-0.4, -0.2) is 21.3 Å². The number of anilines is 2. The maximum Gasteiger partial charge on any atom is 0.0743 e. The molecule has 1 aromatic carbocycles. The van der Waals surface area contributed by atoms with Crippen LogP contribution in [-0.2, 0) is 13.5 Å². The van der Waals surface area contributed by atoms with Crippen LogP contribution in [0.4, 0.5) is 11.4 Å². The van der Waals surface area contributed by atoms with Crippen LogP contribution in [0, 0.1) is 0 Å². The maximum absolute atomic E-state index is 6.03. The van der Waals surface area contributed by atoms with Gasteiger partial charge in [-0.1, -0.05) is 18.2 Å². The van der Waals surface area contributed by atoms with Crippen LogP contribution in [0.1, 0.15) is 5.69 Å². The molecule has 5 heteroatoms. The highest BCUT2D eigenvalue weighted by atomic mass is 15.2. The van der Waals surface area contributed by atoms with E-state index in [9.17, 15) is 0 Å². The number of pyridine rings is 1. The Labute approximate surface area is 117 Å². The molecule has 0 amide bonds. The Balaban J connectivity index is 1.78. The molecule has 3 rings (SSSR count). The van der Waals surface area contributed by atoms with Crippen LogP contribution < -0.4 is 11.1 Å². The molecule has 0 aliphatic heterocycles. The van der Waals surface area contributed by atoms with Gasteiger partial charge >= 0.3 is 0 Å². The van der Waals surface area contributed by atoms with Gasteiger partial charge in [-0.3, -0.25) is 9.67 Å². The summed E-state index contributed by atoms with van der Waals surface area (Å²) in [6, 6.07) is 10.0. The number of aromatic nitrogens is 3. The molecule has 0 unspecified atom stereocenters. The SMILES string of the molecule is Cn1ccc(CCNc2c(N)cnc3ccccc23)n1. The van der Waals surface area contributed by atoms with Crippen LogP contribution in [0.5, 0.6) is 0 Å². The molecule has 0 fully saturated rings. The Bertz CT molecular complexity index is 732. The lowest BCUT2D eigenvalue weighted by Crippen LogP contribution is -2.08. The molecule has 0 saturated heterocycles. The van der Waals surface area contributed by atoms with Crippen LogP contribution in [0.3, 0.4) is 0 Å². The van der Waals surface area contributed by atoms with Gasteiger partial charge in [0.05, 0.1) is 28.8 Å². The normalized spacial score (nSPS) is 10.8. The molecular weight excluding hydrogens is 250 g/mol. The first-order chi connectivity index (χ1) is 9.74. The number of para-hydroxylation sites is 1. The number of benzene rings is 1. The summed E-state index contributed by atoms with van der Waals surface area (Å²) in [4.78, 5) is 4.33. The minimum absolute atomic E-state index is 0.671. The quantitative estimate of drug-likeness (QED) is 0.760. The minimum atomic E-state index is 0.671. The van der Waals surface area contributed by atoms with Gasteiger partial charge in [0.2, 0.25) is 0 Å². The van der Waals surface area contributed by atoms with Crippen molar-refractivity contribution in [1.29, 1.82) is 0 Å². The molecule has 102 valence electrons. The molecule has 0 saturated carbocycles. The molecule has 0 radical (unpaired) electrons. The first kappa shape index (κ1) is 12.5. The molecule has 0 atom stereocenters. The number of aryl methyl sites for hydroxylation is 1.